The molecule has 0 saturated carbocycles. The first-order valence-electron chi connectivity index (χ1n) is 8.37. The highest BCUT2D eigenvalue weighted by Gasteiger charge is 2.31. The number of anilines is 1. The van der Waals surface area contributed by atoms with Gasteiger partial charge in [0.25, 0.3) is 0 Å². The average molecular weight is 380 g/mol. The molecule has 25 heavy (non-hydrogen) atoms. The number of amides is 2. The van der Waals surface area contributed by atoms with Crippen molar-refractivity contribution in [1.82, 2.24) is 14.6 Å². The summed E-state index contributed by atoms with van der Waals surface area (Å²) in [6.07, 6.45) is 0.513. The number of piperazine rings is 1. The van der Waals surface area contributed by atoms with Crippen molar-refractivity contribution in [2.75, 3.05) is 42.6 Å². The molecule has 2 aliphatic rings. The van der Waals surface area contributed by atoms with Crippen molar-refractivity contribution >= 4 is 43.3 Å². The second kappa shape index (κ2) is 6.45. The zero-order valence-electron chi connectivity index (χ0n) is 13.7. The van der Waals surface area contributed by atoms with Crippen molar-refractivity contribution in [3.8, 4) is 0 Å². The van der Waals surface area contributed by atoms with Crippen LogP contribution in [-0.2, 0) is 9.84 Å². The van der Waals surface area contributed by atoms with Crippen molar-refractivity contribution < 1.29 is 13.2 Å². The normalized spacial score (nSPS) is 23.1. The molecule has 0 bridgehead atoms. The van der Waals surface area contributed by atoms with Gasteiger partial charge in [-0.05, 0) is 30.1 Å². The molecular formula is C16H20N4O3S2. The Morgan fingerprint density at radius 2 is 1.96 bits per heavy atom. The first-order valence-corrected chi connectivity index (χ1v) is 11.0. The lowest BCUT2D eigenvalue weighted by molar-refractivity contribution is 0.191. The van der Waals surface area contributed by atoms with E-state index in [0.717, 1.165) is 24.3 Å². The predicted octanol–water partition coefficient (Wildman–Crippen LogP) is 1.32. The molecule has 1 aromatic heterocycles. The molecule has 3 heterocycles. The van der Waals surface area contributed by atoms with Gasteiger partial charge in [-0.15, -0.1) is 0 Å². The van der Waals surface area contributed by atoms with E-state index in [1.54, 1.807) is 4.90 Å². The second-order valence-electron chi connectivity index (χ2n) is 6.53. The molecular weight excluding hydrogens is 360 g/mol. The van der Waals surface area contributed by atoms with Gasteiger partial charge in [0.15, 0.2) is 9.84 Å². The lowest BCUT2D eigenvalue weighted by atomic mass is 10.2. The monoisotopic (exact) mass is 380 g/mol. The zero-order chi connectivity index (χ0) is 17.4. The molecule has 0 spiro atoms. The number of aromatic nitrogens is 1. The largest absolute Gasteiger partial charge is 0.352 e. The van der Waals surface area contributed by atoms with Gasteiger partial charge >= 0.3 is 6.03 Å². The summed E-state index contributed by atoms with van der Waals surface area (Å²) in [4.78, 5) is 16.3. The topological polar surface area (TPSA) is 82.6 Å². The van der Waals surface area contributed by atoms with Gasteiger partial charge in [-0.3, -0.25) is 0 Å². The van der Waals surface area contributed by atoms with E-state index >= 15 is 0 Å². The Labute approximate surface area is 150 Å². The van der Waals surface area contributed by atoms with Gasteiger partial charge in [-0.2, -0.15) is 4.37 Å². The van der Waals surface area contributed by atoms with Gasteiger partial charge < -0.3 is 15.1 Å². The molecule has 2 aromatic rings. The fourth-order valence-electron chi connectivity index (χ4n) is 3.40. The third-order valence-electron chi connectivity index (χ3n) is 4.78. The van der Waals surface area contributed by atoms with E-state index in [-0.39, 0.29) is 23.6 Å². The fourth-order valence-corrected chi connectivity index (χ4v) is 5.87. The molecule has 7 nitrogen and oxygen atoms in total. The van der Waals surface area contributed by atoms with Gasteiger partial charge in [-0.25, -0.2) is 13.2 Å². The first-order chi connectivity index (χ1) is 12.0. The summed E-state index contributed by atoms with van der Waals surface area (Å²) in [5.41, 5.74) is 0. The number of rotatable bonds is 2. The minimum atomic E-state index is -2.98. The second-order valence-corrected chi connectivity index (χ2v) is 9.56. The SMILES string of the molecule is O=C(N[C@H]1CCS(=O)(=O)C1)N1CCN(c2nsc3ccccc23)CC1. The van der Waals surface area contributed by atoms with Crippen molar-refractivity contribution in [3.05, 3.63) is 24.3 Å². The Morgan fingerprint density at radius 3 is 2.68 bits per heavy atom. The molecule has 0 radical (unpaired) electrons. The Balaban J connectivity index is 1.36. The van der Waals surface area contributed by atoms with Crippen LogP contribution in [0.4, 0.5) is 10.6 Å². The van der Waals surface area contributed by atoms with Crippen LogP contribution in [0.5, 0.6) is 0 Å². The summed E-state index contributed by atoms with van der Waals surface area (Å²) in [6.45, 7) is 2.67. The standard InChI is InChI=1S/C16H20N4O3S2/c21-16(17-12-5-10-25(22,23)11-12)20-8-6-19(7-9-20)15-13-3-1-2-4-14(13)24-18-15/h1-4,12H,5-11H2,(H,17,21)/t12-/m0/s1. The molecule has 2 fully saturated rings. The number of urea groups is 1. The fraction of sp³-hybridized carbons (Fsp3) is 0.500. The van der Waals surface area contributed by atoms with Gasteiger partial charge in [0.2, 0.25) is 0 Å². The summed E-state index contributed by atoms with van der Waals surface area (Å²) in [5, 5.41) is 4.01. The van der Waals surface area contributed by atoms with E-state index in [2.05, 4.69) is 26.7 Å². The molecule has 2 aliphatic heterocycles. The number of sulfone groups is 1. The molecule has 0 aliphatic carbocycles. The molecule has 1 atom stereocenters. The number of carbonyl (C=O) groups is 1. The van der Waals surface area contributed by atoms with Crippen LogP contribution in [0.1, 0.15) is 6.42 Å². The van der Waals surface area contributed by atoms with E-state index in [4.69, 9.17) is 0 Å². The Bertz CT molecular complexity index is 888. The van der Waals surface area contributed by atoms with E-state index in [0.29, 0.717) is 19.5 Å². The van der Waals surface area contributed by atoms with Gasteiger partial charge in [0, 0.05) is 37.6 Å². The maximum Gasteiger partial charge on any atom is 0.317 e. The van der Waals surface area contributed by atoms with Gasteiger partial charge in [0.05, 0.1) is 16.2 Å². The van der Waals surface area contributed by atoms with Crippen molar-refractivity contribution in [2.24, 2.45) is 0 Å². The molecule has 1 N–H and O–H groups in total. The first kappa shape index (κ1) is 16.6. The summed E-state index contributed by atoms with van der Waals surface area (Å²) >= 11 is 1.49. The Kier molecular flexibility index (Phi) is 4.28. The number of fused-ring (bicyclic) bond motifs is 1. The highest BCUT2D eigenvalue weighted by Crippen LogP contribution is 2.29. The number of benzene rings is 1. The smallest absolute Gasteiger partial charge is 0.317 e. The summed E-state index contributed by atoms with van der Waals surface area (Å²) < 4.78 is 28.7. The summed E-state index contributed by atoms with van der Waals surface area (Å²) in [7, 11) is -2.98. The number of nitrogens with one attached hydrogen (secondary N) is 1. The third-order valence-corrected chi connectivity index (χ3v) is 7.37. The molecule has 9 heteroatoms. The molecule has 4 rings (SSSR count). The molecule has 0 unspecified atom stereocenters. The van der Waals surface area contributed by atoms with Crippen LogP contribution < -0.4 is 10.2 Å². The number of carbonyl (C=O) groups excluding carboxylic acids is 1. The highest BCUT2D eigenvalue weighted by atomic mass is 32.2. The van der Waals surface area contributed by atoms with Crippen LogP contribution in [0.25, 0.3) is 10.1 Å². The number of hydrogen-bond acceptors (Lipinski definition) is 6. The average Bonchev–Trinajstić information content (AvgIpc) is 3.18. The summed E-state index contributed by atoms with van der Waals surface area (Å²) in [5.74, 6) is 1.22. The maximum absolute atomic E-state index is 12.4. The van der Waals surface area contributed by atoms with Crippen LogP contribution in [0, 0.1) is 0 Å². The maximum atomic E-state index is 12.4. The van der Waals surface area contributed by atoms with Crippen molar-refractivity contribution in [3.63, 3.8) is 0 Å². The summed E-state index contributed by atoms with van der Waals surface area (Å²) in [6, 6.07) is 7.75. The number of nitrogens with zero attached hydrogens (tertiary/aromatic N) is 3. The van der Waals surface area contributed by atoms with Crippen LogP contribution in [0.2, 0.25) is 0 Å². The zero-order valence-corrected chi connectivity index (χ0v) is 15.4. The van der Waals surface area contributed by atoms with Crippen LogP contribution in [-0.4, -0.2) is 67.4 Å². The quantitative estimate of drug-likeness (QED) is 0.850. The van der Waals surface area contributed by atoms with Gasteiger partial charge in [0.1, 0.15) is 5.82 Å². The van der Waals surface area contributed by atoms with Crippen LogP contribution >= 0.6 is 11.5 Å². The minimum Gasteiger partial charge on any atom is -0.352 e. The Hall–Kier alpha value is -1.87. The van der Waals surface area contributed by atoms with E-state index in [1.165, 1.54) is 16.2 Å². The van der Waals surface area contributed by atoms with E-state index in [9.17, 15) is 13.2 Å². The lowest BCUT2D eigenvalue weighted by Gasteiger charge is -2.35. The predicted molar refractivity (Wildman–Crippen MR) is 99.0 cm³/mol. The molecule has 2 saturated heterocycles. The highest BCUT2D eigenvalue weighted by molar-refractivity contribution is 7.91. The van der Waals surface area contributed by atoms with E-state index in [1.807, 2.05) is 12.1 Å². The lowest BCUT2D eigenvalue weighted by Crippen LogP contribution is -2.53. The molecule has 1 aromatic carbocycles. The third kappa shape index (κ3) is 3.43. The van der Waals surface area contributed by atoms with Crippen LogP contribution in [0.3, 0.4) is 0 Å². The van der Waals surface area contributed by atoms with Crippen molar-refractivity contribution in [2.45, 2.75) is 12.5 Å². The minimum absolute atomic E-state index is 0.0590. The number of hydrogen-bond donors (Lipinski definition) is 1. The van der Waals surface area contributed by atoms with Crippen LogP contribution in [0.15, 0.2) is 24.3 Å². The van der Waals surface area contributed by atoms with E-state index < -0.39 is 9.84 Å². The van der Waals surface area contributed by atoms with Gasteiger partial charge in [-0.1, -0.05) is 12.1 Å². The van der Waals surface area contributed by atoms with Crippen molar-refractivity contribution in [1.29, 1.82) is 0 Å². The molecule has 134 valence electrons. The Morgan fingerprint density at radius 1 is 1.20 bits per heavy atom. The molecule has 2 amide bonds.